The molecule has 5 rings (SSSR count). The lowest BCUT2D eigenvalue weighted by Crippen LogP contribution is -2.48. The molecule has 194 valence electrons. The monoisotopic (exact) mass is 528 g/mol. The van der Waals surface area contributed by atoms with Gasteiger partial charge < -0.3 is 25.2 Å². The Morgan fingerprint density at radius 2 is 2.03 bits per heavy atom. The van der Waals surface area contributed by atoms with Gasteiger partial charge in [-0.2, -0.15) is 0 Å². The second kappa shape index (κ2) is 10.3. The van der Waals surface area contributed by atoms with E-state index in [-0.39, 0.29) is 58.9 Å². The highest BCUT2D eigenvalue weighted by Gasteiger charge is 2.50. The average molecular weight is 529 g/mol. The van der Waals surface area contributed by atoms with Crippen LogP contribution in [0.25, 0.3) is 11.1 Å². The quantitative estimate of drug-likeness (QED) is 0.418. The number of ether oxygens (including phenoxy) is 2. The number of rotatable bonds is 7. The zero-order valence-electron chi connectivity index (χ0n) is 20.2. The van der Waals surface area contributed by atoms with Gasteiger partial charge in [-0.05, 0) is 37.1 Å². The van der Waals surface area contributed by atoms with Gasteiger partial charge in [0.05, 0.1) is 23.2 Å². The van der Waals surface area contributed by atoms with Crippen molar-refractivity contribution in [2.75, 3.05) is 26.8 Å². The molecule has 0 aromatic heterocycles. The molecule has 6 nitrogen and oxygen atoms in total. The van der Waals surface area contributed by atoms with E-state index >= 15 is 8.78 Å². The number of aliphatic hydroxyl groups is 1. The molecule has 2 atom stereocenters. The fourth-order valence-electron chi connectivity index (χ4n) is 5.41. The largest absolute Gasteiger partial charge is 0.488 e. The molecule has 0 saturated carbocycles. The molecule has 3 N–H and O–H groups in total. The number of halogens is 3. The third kappa shape index (κ3) is 4.33. The minimum Gasteiger partial charge on any atom is -0.488 e. The Hall–Kier alpha value is -3.20. The molecule has 1 saturated heterocycles. The van der Waals surface area contributed by atoms with Gasteiger partial charge in [-0.3, -0.25) is 4.79 Å². The van der Waals surface area contributed by atoms with E-state index in [2.05, 4.69) is 10.6 Å². The summed E-state index contributed by atoms with van der Waals surface area (Å²) in [4.78, 5) is 12.8. The number of aliphatic hydroxyl groups excluding tert-OH is 1. The number of fused-ring (bicyclic) bond motifs is 1. The number of nitrogens with one attached hydrogen (secondary N) is 2. The highest BCUT2D eigenvalue weighted by Crippen LogP contribution is 2.52. The number of hydrogen-bond donors (Lipinski definition) is 3. The summed E-state index contributed by atoms with van der Waals surface area (Å²) >= 11 is 6.53. The van der Waals surface area contributed by atoms with E-state index in [9.17, 15) is 4.79 Å². The van der Waals surface area contributed by atoms with Crippen molar-refractivity contribution in [3.63, 3.8) is 0 Å². The molecule has 2 aliphatic rings. The van der Waals surface area contributed by atoms with E-state index < -0.39 is 23.1 Å². The molecule has 0 bridgehead atoms. The Kier molecular flexibility index (Phi) is 7.07. The van der Waals surface area contributed by atoms with E-state index in [0.29, 0.717) is 5.56 Å². The SMILES string of the molecule is CNC(=O)c1ccc(OCCO)c(F)c1-c1c(Cl)c(F)cc2c1CC(c1ccccc1)([C@@H]1CCCN1)O2. The maximum atomic E-state index is 16.0. The van der Waals surface area contributed by atoms with E-state index in [1.54, 1.807) is 0 Å². The van der Waals surface area contributed by atoms with Gasteiger partial charge in [-0.1, -0.05) is 41.9 Å². The van der Waals surface area contributed by atoms with Crippen molar-refractivity contribution in [2.24, 2.45) is 0 Å². The minimum absolute atomic E-state index is 0.0257. The van der Waals surface area contributed by atoms with Crippen molar-refractivity contribution in [3.8, 4) is 22.6 Å². The Morgan fingerprint density at radius 3 is 2.70 bits per heavy atom. The van der Waals surface area contributed by atoms with Crippen molar-refractivity contribution in [1.82, 2.24) is 10.6 Å². The van der Waals surface area contributed by atoms with Gasteiger partial charge in [0.2, 0.25) is 0 Å². The van der Waals surface area contributed by atoms with Crippen LogP contribution >= 0.6 is 11.6 Å². The van der Waals surface area contributed by atoms with Crippen LogP contribution in [-0.4, -0.2) is 43.9 Å². The van der Waals surface area contributed by atoms with Crippen LogP contribution in [0.15, 0.2) is 48.5 Å². The van der Waals surface area contributed by atoms with Gasteiger partial charge in [-0.15, -0.1) is 0 Å². The first-order valence-electron chi connectivity index (χ1n) is 12.2. The van der Waals surface area contributed by atoms with Crippen molar-refractivity contribution in [2.45, 2.75) is 30.9 Å². The molecular formula is C28H27ClF2N2O4. The summed E-state index contributed by atoms with van der Waals surface area (Å²) in [5.74, 6) is -2.17. The van der Waals surface area contributed by atoms with Crippen LogP contribution in [0.5, 0.6) is 11.5 Å². The lowest BCUT2D eigenvalue weighted by molar-refractivity contribution is 0.0539. The molecule has 2 aliphatic heterocycles. The summed E-state index contributed by atoms with van der Waals surface area (Å²) in [6.07, 6.45) is 2.09. The Bertz CT molecular complexity index is 1330. The molecule has 0 radical (unpaired) electrons. The van der Waals surface area contributed by atoms with E-state index in [4.69, 9.17) is 26.2 Å². The minimum atomic E-state index is -0.875. The third-order valence-corrected chi connectivity index (χ3v) is 7.45. The first-order chi connectivity index (χ1) is 17.9. The third-order valence-electron chi connectivity index (χ3n) is 7.08. The van der Waals surface area contributed by atoms with Gasteiger partial charge in [0.15, 0.2) is 17.2 Å². The molecule has 0 spiro atoms. The summed E-state index contributed by atoms with van der Waals surface area (Å²) in [6.45, 7) is 0.336. The lowest BCUT2D eigenvalue weighted by atomic mass is 9.80. The van der Waals surface area contributed by atoms with Gasteiger partial charge in [0, 0.05) is 36.2 Å². The number of carbonyl (C=O) groups excluding carboxylic acids is 1. The molecule has 1 fully saturated rings. The molecule has 2 heterocycles. The van der Waals surface area contributed by atoms with Gasteiger partial charge >= 0.3 is 0 Å². The number of amides is 1. The zero-order chi connectivity index (χ0) is 26.2. The summed E-state index contributed by atoms with van der Waals surface area (Å²) in [5.41, 5.74) is 0.385. The normalized spacial score (nSPS) is 20.4. The van der Waals surface area contributed by atoms with Crippen LogP contribution in [0.3, 0.4) is 0 Å². The molecule has 1 amide bonds. The second-order valence-corrected chi connectivity index (χ2v) is 9.54. The summed E-state index contributed by atoms with van der Waals surface area (Å²) < 4.78 is 43.2. The molecule has 1 unspecified atom stereocenters. The van der Waals surface area contributed by atoms with Gasteiger partial charge in [0.1, 0.15) is 18.2 Å². The second-order valence-electron chi connectivity index (χ2n) is 9.16. The molecule has 3 aromatic carbocycles. The van der Waals surface area contributed by atoms with Crippen molar-refractivity contribution in [3.05, 3.63) is 81.9 Å². The van der Waals surface area contributed by atoms with Crippen LogP contribution < -0.4 is 20.1 Å². The van der Waals surface area contributed by atoms with E-state index in [1.165, 1.54) is 25.2 Å². The van der Waals surface area contributed by atoms with Crippen LogP contribution in [0.2, 0.25) is 5.02 Å². The fourth-order valence-corrected chi connectivity index (χ4v) is 5.68. The molecule has 37 heavy (non-hydrogen) atoms. The maximum absolute atomic E-state index is 16.0. The number of benzene rings is 3. The lowest BCUT2D eigenvalue weighted by Gasteiger charge is -2.35. The maximum Gasteiger partial charge on any atom is 0.251 e. The predicted molar refractivity (Wildman–Crippen MR) is 136 cm³/mol. The van der Waals surface area contributed by atoms with Crippen LogP contribution in [-0.2, 0) is 12.0 Å². The summed E-state index contributed by atoms with van der Waals surface area (Å²) in [7, 11) is 1.42. The van der Waals surface area contributed by atoms with Crippen molar-refractivity contribution < 1.29 is 28.2 Å². The van der Waals surface area contributed by atoms with E-state index in [0.717, 1.165) is 24.9 Å². The van der Waals surface area contributed by atoms with E-state index in [1.807, 2.05) is 30.3 Å². The topological polar surface area (TPSA) is 79.8 Å². The van der Waals surface area contributed by atoms with Gasteiger partial charge in [-0.25, -0.2) is 8.78 Å². The molecule has 3 aromatic rings. The average Bonchev–Trinajstić information content (AvgIpc) is 3.58. The fraction of sp³-hybridized carbons (Fsp3) is 0.321. The highest BCUT2D eigenvalue weighted by molar-refractivity contribution is 6.34. The number of carbonyl (C=O) groups is 1. The zero-order valence-corrected chi connectivity index (χ0v) is 21.0. The Labute approximate surface area is 218 Å². The molecular weight excluding hydrogens is 502 g/mol. The standard InChI is InChI=1S/C28H27ClF2N2O4/c1-32-27(35)17-9-10-20(36-13-12-34)26(31)24(17)23-18-15-28(22-8-5-11-33-22,16-6-3-2-4-7-16)37-21(18)14-19(30)25(23)29/h2-4,6-7,9-10,14,22,33-34H,5,8,11-13,15H2,1H3,(H,32,35)/t22-,28?/m0/s1. The Balaban J connectivity index is 1.75. The summed E-state index contributed by atoms with van der Waals surface area (Å²) in [6, 6.07) is 13.5. The van der Waals surface area contributed by atoms with Crippen molar-refractivity contribution >= 4 is 17.5 Å². The number of hydrogen-bond acceptors (Lipinski definition) is 5. The summed E-state index contributed by atoms with van der Waals surface area (Å²) in [5, 5.41) is 14.9. The smallest absolute Gasteiger partial charge is 0.251 e. The van der Waals surface area contributed by atoms with Crippen LogP contribution in [0.1, 0.15) is 34.3 Å². The first kappa shape index (κ1) is 25.4. The Morgan fingerprint density at radius 1 is 1.24 bits per heavy atom. The highest BCUT2D eigenvalue weighted by atomic mass is 35.5. The molecule has 9 heteroatoms. The van der Waals surface area contributed by atoms with Gasteiger partial charge in [0.25, 0.3) is 5.91 Å². The van der Waals surface area contributed by atoms with Crippen LogP contribution in [0.4, 0.5) is 8.78 Å². The van der Waals surface area contributed by atoms with Crippen LogP contribution in [0, 0.1) is 11.6 Å². The first-order valence-corrected chi connectivity index (χ1v) is 12.6. The van der Waals surface area contributed by atoms with Crippen molar-refractivity contribution in [1.29, 1.82) is 0 Å². The predicted octanol–water partition coefficient (Wildman–Crippen LogP) is 4.60. The molecule has 0 aliphatic carbocycles.